The van der Waals surface area contributed by atoms with Crippen molar-refractivity contribution in [1.29, 1.82) is 0 Å². The third-order valence-electron chi connectivity index (χ3n) is 5.05. The number of aromatic nitrogens is 3. The van der Waals surface area contributed by atoms with Crippen molar-refractivity contribution in [3.8, 4) is 11.3 Å². The number of primary amides is 1. The van der Waals surface area contributed by atoms with E-state index in [1.54, 1.807) is 19.1 Å². The molecule has 0 aliphatic heterocycles. The quantitative estimate of drug-likeness (QED) is 0.281. The number of hydrogen-bond acceptors (Lipinski definition) is 8. The molecule has 0 fully saturated rings. The molecule has 3 aromatic rings. The highest BCUT2D eigenvalue weighted by Gasteiger charge is 2.30. The van der Waals surface area contributed by atoms with Crippen molar-refractivity contribution in [1.82, 2.24) is 15.0 Å². The van der Waals surface area contributed by atoms with Crippen LogP contribution in [0, 0.1) is 0 Å². The number of amides is 1. The van der Waals surface area contributed by atoms with Crippen LogP contribution in [0.3, 0.4) is 0 Å². The number of aryl methyl sites for hydroxylation is 1. The van der Waals surface area contributed by atoms with Crippen molar-refractivity contribution in [2.75, 3.05) is 30.3 Å². The highest BCUT2D eigenvalue weighted by Crippen LogP contribution is 2.29. The maximum Gasteiger partial charge on any atom is 0.417 e. The first kappa shape index (κ1) is 26.4. The Morgan fingerprint density at radius 2 is 1.69 bits per heavy atom. The van der Waals surface area contributed by atoms with Crippen LogP contribution in [0.2, 0.25) is 0 Å². The van der Waals surface area contributed by atoms with Crippen molar-refractivity contribution in [2.45, 2.75) is 26.4 Å². The summed E-state index contributed by atoms with van der Waals surface area (Å²) in [4.78, 5) is 36.9. The van der Waals surface area contributed by atoms with Crippen LogP contribution in [0.5, 0.6) is 0 Å². The molecule has 1 aromatic carbocycles. The van der Waals surface area contributed by atoms with Gasteiger partial charge in [0.15, 0.2) is 0 Å². The zero-order valence-corrected chi connectivity index (χ0v) is 19.6. The molecule has 0 bridgehead atoms. The van der Waals surface area contributed by atoms with Crippen LogP contribution < -0.4 is 16.4 Å². The fraction of sp³-hybridized carbons (Fsp3) is 0.292. The fourth-order valence-corrected chi connectivity index (χ4v) is 3.29. The van der Waals surface area contributed by atoms with Gasteiger partial charge in [-0.1, -0.05) is 19.1 Å². The number of esters is 1. The van der Waals surface area contributed by atoms with E-state index in [9.17, 15) is 22.8 Å². The lowest BCUT2D eigenvalue weighted by atomic mass is 10.0. The minimum atomic E-state index is -4.45. The van der Waals surface area contributed by atoms with Crippen LogP contribution in [0.1, 0.15) is 45.8 Å². The van der Waals surface area contributed by atoms with Gasteiger partial charge in [-0.25, -0.2) is 19.7 Å². The molecule has 4 N–H and O–H groups in total. The van der Waals surface area contributed by atoms with Crippen LogP contribution in [0.4, 0.5) is 24.9 Å². The number of hydrogen-bond donors (Lipinski definition) is 3. The third-order valence-corrected chi connectivity index (χ3v) is 5.05. The number of pyridine rings is 1. The molecular formula is C24H25F3N6O3. The summed E-state index contributed by atoms with van der Waals surface area (Å²) in [5.74, 6) is -0.615. The number of nitrogens with two attached hydrogens (primary N) is 1. The zero-order chi connectivity index (χ0) is 26.3. The summed E-state index contributed by atoms with van der Waals surface area (Å²) in [6.45, 7) is 4.33. The van der Waals surface area contributed by atoms with Crippen LogP contribution in [-0.2, 0) is 17.3 Å². The summed E-state index contributed by atoms with van der Waals surface area (Å²) in [5.41, 5.74) is 6.39. The Morgan fingerprint density at radius 1 is 1.00 bits per heavy atom. The van der Waals surface area contributed by atoms with Crippen molar-refractivity contribution in [2.24, 2.45) is 5.73 Å². The van der Waals surface area contributed by atoms with Crippen molar-refractivity contribution < 1.29 is 27.5 Å². The molecule has 0 aliphatic rings. The molecule has 190 valence electrons. The molecular weight excluding hydrogens is 477 g/mol. The number of carbonyl (C=O) groups excluding carboxylic acids is 2. The molecule has 2 aromatic heterocycles. The standard InChI is InChI=1S/C24H25F3N6O3/c1-3-17-19(22(35)36-4-2)20(14-5-7-15(8-6-14)21(28)34)33-23(32-17)30-12-11-29-18-10-9-16(13-31-18)24(25,26)27/h5-10,13H,3-4,11-12H2,1-2H3,(H2,28,34)(H,29,31)(H,30,32,33). The molecule has 0 radical (unpaired) electrons. The first-order valence-electron chi connectivity index (χ1n) is 11.1. The van der Waals surface area contributed by atoms with Gasteiger partial charge in [0.25, 0.3) is 0 Å². The monoisotopic (exact) mass is 502 g/mol. The van der Waals surface area contributed by atoms with E-state index < -0.39 is 23.6 Å². The molecule has 0 atom stereocenters. The lowest BCUT2D eigenvalue weighted by Crippen LogP contribution is -2.19. The average Bonchev–Trinajstić information content (AvgIpc) is 2.86. The third kappa shape index (κ3) is 6.46. The Kier molecular flexibility index (Phi) is 8.41. The van der Waals surface area contributed by atoms with Crippen LogP contribution >= 0.6 is 0 Å². The summed E-state index contributed by atoms with van der Waals surface area (Å²) in [6, 6.07) is 8.53. The molecule has 0 saturated heterocycles. The molecule has 36 heavy (non-hydrogen) atoms. The number of benzene rings is 1. The van der Waals surface area contributed by atoms with Gasteiger partial charge >= 0.3 is 12.1 Å². The van der Waals surface area contributed by atoms with Crippen molar-refractivity contribution in [3.63, 3.8) is 0 Å². The number of rotatable bonds is 10. The second-order valence-electron chi connectivity index (χ2n) is 7.52. The second-order valence-corrected chi connectivity index (χ2v) is 7.52. The summed E-state index contributed by atoms with van der Waals surface area (Å²) >= 11 is 0. The molecule has 12 heteroatoms. The fourth-order valence-electron chi connectivity index (χ4n) is 3.29. The van der Waals surface area contributed by atoms with Gasteiger partial charge in [0.2, 0.25) is 11.9 Å². The number of nitrogens with zero attached hydrogens (tertiary/aromatic N) is 3. The summed E-state index contributed by atoms with van der Waals surface area (Å²) in [5, 5.41) is 5.96. The van der Waals surface area contributed by atoms with Crippen LogP contribution in [0.15, 0.2) is 42.6 Å². The summed E-state index contributed by atoms with van der Waals surface area (Å²) in [6.07, 6.45) is -3.27. The van der Waals surface area contributed by atoms with Gasteiger partial charge in [0.05, 0.1) is 23.6 Å². The Bertz CT molecular complexity index is 1220. The number of anilines is 2. The van der Waals surface area contributed by atoms with Crippen molar-refractivity contribution >= 4 is 23.6 Å². The van der Waals surface area contributed by atoms with Gasteiger partial charge in [-0.05, 0) is 37.6 Å². The van der Waals surface area contributed by atoms with E-state index in [1.807, 2.05) is 6.92 Å². The van der Waals surface area contributed by atoms with Crippen LogP contribution in [0.25, 0.3) is 11.3 Å². The number of halogens is 3. The van der Waals surface area contributed by atoms with Gasteiger partial charge in [0.1, 0.15) is 11.4 Å². The van der Waals surface area contributed by atoms with Crippen molar-refractivity contribution in [3.05, 3.63) is 65.0 Å². The molecule has 0 spiro atoms. The predicted octanol–water partition coefficient (Wildman–Crippen LogP) is 3.92. The van der Waals surface area contributed by atoms with E-state index in [1.165, 1.54) is 18.2 Å². The Morgan fingerprint density at radius 3 is 2.25 bits per heavy atom. The first-order chi connectivity index (χ1) is 17.1. The smallest absolute Gasteiger partial charge is 0.417 e. The van der Waals surface area contributed by atoms with Gasteiger partial charge < -0.3 is 21.1 Å². The molecule has 0 aliphatic carbocycles. The Labute approximate surface area is 205 Å². The summed E-state index contributed by atoms with van der Waals surface area (Å²) in [7, 11) is 0. The maximum atomic E-state index is 12.7. The lowest BCUT2D eigenvalue weighted by molar-refractivity contribution is -0.137. The molecule has 3 rings (SSSR count). The largest absolute Gasteiger partial charge is 0.462 e. The summed E-state index contributed by atoms with van der Waals surface area (Å²) < 4.78 is 43.2. The van der Waals surface area contributed by atoms with Gasteiger partial charge in [-0.3, -0.25) is 4.79 Å². The molecule has 1 amide bonds. The highest BCUT2D eigenvalue weighted by atomic mass is 19.4. The number of nitrogens with one attached hydrogen (secondary N) is 2. The first-order valence-corrected chi connectivity index (χ1v) is 11.1. The maximum absolute atomic E-state index is 12.7. The average molecular weight is 502 g/mol. The molecule has 0 unspecified atom stereocenters. The molecule has 0 saturated carbocycles. The van der Waals surface area contributed by atoms with E-state index in [2.05, 4.69) is 25.6 Å². The lowest BCUT2D eigenvalue weighted by Gasteiger charge is -2.15. The minimum absolute atomic E-state index is 0.172. The van der Waals surface area contributed by atoms with E-state index >= 15 is 0 Å². The highest BCUT2D eigenvalue weighted by molar-refractivity contribution is 5.98. The molecule has 9 nitrogen and oxygen atoms in total. The minimum Gasteiger partial charge on any atom is -0.462 e. The predicted molar refractivity (Wildman–Crippen MR) is 128 cm³/mol. The SMILES string of the molecule is CCOC(=O)c1c(CC)nc(NCCNc2ccc(C(F)(F)F)cn2)nc1-c1ccc(C(N)=O)cc1. The molecule has 2 heterocycles. The van der Waals surface area contributed by atoms with Gasteiger partial charge in [0, 0.05) is 30.4 Å². The van der Waals surface area contributed by atoms with E-state index in [-0.39, 0.29) is 23.9 Å². The van der Waals surface area contributed by atoms with Crippen LogP contribution in [-0.4, -0.2) is 46.5 Å². The number of ether oxygens (including phenoxy) is 1. The van der Waals surface area contributed by atoms with E-state index in [4.69, 9.17) is 10.5 Å². The number of alkyl halides is 3. The number of carbonyl (C=O) groups is 2. The zero-order valence-electron chi connectivity index (χ0n) is 19.6. The topological polar surface area (TPSA) is 132 Å². The Hall–Kier alpha value is -4.22. The van der Waals surface area contributed by atoms with Gasteiger partial charge in [-0.15, -0.1) is 0 Å². The second kappa shape index (κ2) is 11.5. The Balaban J connectivity index is 1.80. The van der Waals surface area contributed by atoms with E-state index in [0.717, 1.165) is 12.3 Å². The van der Waals surface area contributed by atoms with Gasteiger partial charge in [-0.2, -0.15) is 13.2 Å². The van der Waals surface area contributed by atoms with E-state index in [0.29, 0.717) is 42.0 Å². The normalized spacial score (nSPS) is 11.1.